The molecule has 0 aromatic carbocycles. The van der Waals surface area contributed by atoms with Crippen LogP contribution >= 0.6 is 0 Å². The maximum atomic E-state index is 11.6. The van der Waals surface area contributed by atoms with Crippen LogP contribution in [0, 0.1) is 10.1 Å². The van der Waals surface area contributed by atoms with Crippen LogP contribution in [0.4, 0.5) is 11.6 Å². The van der Waals surface area contributed by atoms with E-state index in [4.69, 9.17) is 5.11 Å². The zero-order valence-electron chi connectivity index (χ0n) is 10.7. The average molecular weight is 316 g/mol. The fourth-order valence-electron chi connectivity index (χ4n) is 2.08. The normalized spacial score (nSPS) is 21.0. The van der Waals surface area contributed by atoms with E-state index >= 15 is 0 Å². The first-order valence-corrected chi connectivity index (χ1v) is 7.76. The van der Waals surface area contributed by atoms with E-state index in [1.807, 2.05) is 0 Å². The number of hydrogen-bond acceptors (Lipinski definition) is 8. The molecule has 0 spiro atoms. The van der Waals surface area contributed by atoms with E-state index in [1.54, 1.807) is 0 Å². The summed E-state index contributed by atoms with van der Waals surface area (Å²) in [5.74, 6) is -1.49. The lowest BCUT2D eigenvalue weighted by Crippen LogP contribution is -2.50. The van der Waals surface area contributed by atoms with Crippen molar-refractivity contribution in [3.05, 3.63) is 22.5 Å². The van der Waals surface area contributed by atoms with E-state index in [0.717, 1.165) is 12.4 Å². The molecule has 1 atom stereocenters. The fraction of sp³-hybridized carbons (Fsp3) is 0.500. The molecule has 0 saturated carbocycles. The number of carbonyl (C=O) groups is 1. The molecule has 1 aliphatic heterocycles. The number of rotatable bonds is 4. The first-order chi connectivity index (χ1) is 9.78. The van der Waals surface area contributed by atoms with Gasteiger partial charge in [-0.15, -0.1) is 0 Å². The number of anilines is 1. The largest absolute Gasteiger partial charge is 0.481 e. The van der Waals surface area contributed by atoms with Crippen molar-refractivity contribution in [3.63, 3.8) is 0 Å². The first-order valence-electron chi connectivity index (χ1n) is 5.94. The molecule has 0 bridgehead atoms. The van der Waals surface area contributed by atoms with Crippen molar-refractivity contribution in [1.29, 1.82) is 0 Å². The lowest BCUT2D eigenvalue weighted by Gasteiger charge is -2.34. The van der Waals surface area contributed by atoms with Crippen LogP contribution in [0.3, 0.4) is 0 Å². The second-order valence-electron chi connectivity index (χ2n) is 4.56. The number of carboxylic acids is 1. The van der Waals surface area contributed by atoms with Crippen molar-refractivity contribution in [2.24, 2.45) is 0 Å². The topological polar surface area (TPSA) is 144 Å². The van der Waals surface area contributed by atoms with Crippen molar-refractivity contribution in [2.75, 3.05) is 23.0 Å². The predicted octanol–water partition coefficient (Wildman–Crippen LogP) is -0.537. The fourth-order valence-corrected chi connectivity index (χ4v) is 3.60. The summed E-state index contributed by atoms with van der Waals surface area (Å²) in [6.07, 6.45) is 1.63. The predicted molar refractivity (Wildman–Crippen MR) is 70.7 cm³/mol. The Morgan fingerprint density at radius 3 is 2.62 bits per heavy atom. The molecule has 1 unspecified atom stereocenters. The zero-order valence-corrected chi connectivity index (χ0v) is 11.6. The van der Waals surface area contributed by atoms with Crippen LogP contribution in [0.5, 0.6) is 0 Å². The summed E-state index contributed by atoms with van der Waals surface area (Å²) in [5, 5.41) is 19.4. The Morgan fingerprint density at radius 2 is 2.10 bits per heavy atom. The number of nitrogens with zero attached hydrogens (tertiary/aromatic N) is 4. The molecule has 2 rings (SSSR count). The van der Waals surface area contributed by atoms with Gasteiger partial charge in [0.25, 0.3) is 0 Å². The Morgan fingerprint density at radius 1 is 1.48 bits per heavy atom. The summed E-state index contributed by atoms with van der Waals surface area (Å²) in [5.41, 5.74) is -0.293. The highest BCUT2D eigenvalue weighted by Crippen LogP contribution is 2.21. The molecule has 11 heteroatoms. The molecule has 10 nitrogen and oxygen atoms in total. The molecule has 1 saturated heterocycles. The van der Waals surface area contributed by atoms with Gasteiger partial charge in [-0.2, -0.15) is 0 Å². The third kappa shape index (κ3) is 3.62. The highest BCUT2D eigenvalue weighted by molar-refractivity contribution is 7.91. The second-order valence-corrected chi connectivity index (χ2v) is 6.79. The van der Waals surface area contributed by atoms with Gasteiger partial charge in [0.05, 0.1) is 28.9 Å². The van der Waals surface area contributed by atoms with Gasteiger partial charge in [0.2, 0.25) is 5.95 Å². The third-order valence-corrected chi connectivity index (χ3v) is 4.73. The molecule has 1 aromatic rings. The molecule has 0 aliphatic carbocycles. The van der Waals surface area contributed by atoms with Crippen LogP contribution in [0.2, 0.25) is 0 Å². The lowest BCUT2D eigenvalue weighted by atomic mass is 10.2. The van der Waals surface area contributed by atoms with Crippen LogP contribution in [0.1, 0.15) is 6.42 Å². The Bertz CT molecular complexity index is 659. The minimum Gasteiger partial charge on any atom is -0.481 e. The third-order valence-electron chi connectivity index (χ3n) is 3.03. The van der Waals surface area contributed by atoms with Crippen molar-refractivity contribution >= 4 is 27.4 Å². The molecule has 0 radical (unpaired) electrons. The minimum absolute atomic E-state index is 0.0537. The second kappa shape index (κ2) is 5.60. The first kappa shape index (κ1) is 15.1. The van der Waals surface area contributed by atoms with Crippen LogP contribution in [0.15, 0.2) is 12.4 Å². The van der Waals surface area contributed by atoms with Crippen LogP contribution < -0.4 is 4.90 Å². The molecule has 0 amide bonds. The number of hydrogen-bond donors (Lipinski definition) is 1. The van der Waals surface area contributed by atoms with E-state index in [2.05, 4.69) is 9.97 Å². The van der Waals surface area contributed by atoms with Gasteiger partial charge in [0.15, 0.2) is 9.84 Å². The van der Waals surface area contributed by atoms with Gasteiger partial charge in [-0.25, -0.2) is 18.4 Å². The molecule has 1 N–H and O–H groups in total. The molecule has 2 heterocycles. The summed E-state index contributed by atoms with van der Waals surface area (Å²) in [6.45, 7) is 0.0537. The average Bonchev–Trinajstić information content (AvgIpc) is 2.37. The summed E-state index contributed by atoms with van der Waals surface area (Å²) in [4.78, 5) is 29.8. The minimum atomic E-state index is -3.31. The van der Waals surface area contributed by atoms with Crippen LogP contribution in [-0.2, 0) is 14.6 Å². The van der Waals surface area contributed by atoms with Crippen molar-refractivity contribution in [2.45, 2.75) is 12.5 Å². The lowest BCUT2D eigenvalue weighted by molar-refractivity contribution is -0.385. The van der Waals surface area contributed by atoms with Crippen LogP contribution in [-0.4, -0.2) is 58.5 Å². The van der Waals surface area contributed by atoms with E-state index in [9.17, 15) is 23.3 Å². The van der Waals surface area contributed by atoms with Gasteiger partial charge < -0.3 is 10.0 Å². The molecule has 1 aliphatic rings. The van der Waals surface area contributed by atoms with Gasteiger partial charge >= 0.3 is 11.7 Å². The Hall–Kier alpha value is -2.30. The van der Waals surface area contributed by atoms with Gasteiger partial charge in [-0.05, 0) is 0 Å². The van der Waals surface area contributed by atoms with Gasteiger partial charge in [-0.3, -0.25) is 14.9 Å². The standard InChI is InChI=1S/C10H12N4O6S/c15-9(16)3-7-6-21(19,20)2-1-13(7)10-11-4-8(5-12-10)14(17)18/h4-5,7H,1-3,6H2,(H,15,16). The SMILES string of the molecule is O=C(O)CC1CS(=O)(=O)CCN1c1ncc([N+](=O)[O-])cn1. The molecule has 1 aromatic heterocycles. The van der Waals surface area contributed by atoms with E-state index < -0.39 is 26.8 Å². The molecule has 21 heavy (non-hydrogen) atoms. The molecular formula is C10H12N4O6S. The number of carboxylic acid groups (broad SMARTS) is 1. The highest BCUT2D eigenvalue weighted by Gasteiger charge is 2.34. The molecular weight excluding hydrogens is 304 g/mol. The Kier molecular flexibility index (Phi) is 4.02. The number of aliphatic carboxylic acids is 1. The van der Waals surface area contributed by atoms with Crippen molar-refractivity contribution in [3.8, 4) is 0 Å². The molecule has 114 valence electrons. The maximum absolute atomic E-state index is 11.6. The molecule has 1 fully saturated rings. The quantitative estimate of drug-likeness (QED) is 0.572. The Balaban J connectivity index is 2.26. The zero-order chi connectivity index (χ0) is 15.6. The van der Waals surface area contributed by atoms with Crippen molar-refractivity contribution < 1.29 is 23.2 Å². The van der Waals surface area contributed by atoms with Gasteiger partial charge in [0.1, 0.15) is 12.4 Å². The van der Waals surface area contributed by atoms with Gasteiger partial charge in [-0.1, -0.05) is 0 Å². The Labute approximate surface area is 119 Å². The van der Waals surface area contributed by atoms with Gasteiger partial charge in [0, 0.05) is 6.54 Å². The summed E-state index contributed by atoms with van der Waals surface area (Å²) in [6, 6.07) is -0.789. The summed E-state index contributed by atoms with van der Waals surface area (Å²) < 4.78 is 23.2. The number of aromatic nitrogens is 2. The summed E-state index contributed by atoms with van der Waals surface area (Å²) >= 11 is 0. The number of nitro groups is 1. The van der Waals surface area contributed by atoms with E-state index in [1.165, 1.54) is 4.90 Å². The highest BCUT2D eigenvalue weighted by atomic mass is 32.2. The smallest absolute Gasteiger partial charge is 0.305 e. The van der Waals surface area contributed by atoms with E-state index in [0.29, 0.717) is 0 Å². The maximum Gasteiger partial charge on any atom is 0.305 e. The monoisotopic (exact) mass is 316 g/mol. The van der Waals surface area contributed by atoms with Crippen LogP contribution in [0.25, 0.3) is 0 Å². The van der Waals surface area contributed by atoms with E-state index in [-0.39, 0.29) is 36.1 Å². The number of sulfone groups is 1. The summed E-state index contributed by atoms with van der Waals surface area (Å²) in [7, 11) is -3.31. The van der Waals surface area contributed by atoms with Crippen molar-refractivity contribution in [1.82, 2.24) is 9.97 Å².